The summed E-state index contributed by atoms with van der Waals surface area (Å²) in [7, 11) is 3.10. The van der Waals surface area contributed by atoms with E-state index in [-0.39, 0.29) is 12.0 Å². The maximum atomic E-state index is 11.2. The van der Waals surface area contributed by atoms with Gasteiger partial charge in [0.25, 0.3) is 5.22 Å². The van der Waals surface area contributed by atoms with Gasteiger partial charge in [-0.15, -0.1) is 10.2 Å². The summed E-state index contributed by atoms with van der Waals surface area (Å²) in [6.45, 7) is 1.74. The van der Waals surface area contributed by atoms with Gasteiger partial charge < -0.3 is 14.5 Å². The molecule has 0 fully saturated rings. The molecule has 0 aliphatic rings. The number of aryl methyl sites for hydroxylation is 1. The monoisotopic (exact) mass is 245 g/mol. The van der Waals surface area contributed by atoms with Gasteiger partial charge in [-0.05, 0) is 13.5 Å². The van der Waals surface area contributed by atoms with E-state index in [4.69, 9.17) is 4.42 Å². The van der Waals surface area contributed by atoms with Crippen molar-refractivity contribution in [2.24, 2.45) is 0 Å². The predicted molar refractivity (Wildman–Crippen MR) is 59.2 cm³/mol. The SMILES string of the molecule is CNC(CCSc1nnc(C)o1)C(=O)OC. The van der Waals surface area contributed by atoms with Crippen LogP contribution in [0.3, 0.4) is 0 Å². The number of likely N-dealkylation sites (N-methyl/N-ethyl adjacent to an activating group) is 1. The van der Waals surface area contributed by atoms with E-state index in [2.05, 4.69) is 20.3 Å². The molecule has 1 rings (SSSR count). The van der Waals surface area contributed by atoms with Crippen LogP contribution in [0.1, 0.15) is 12.3 Å². The van der Waals surface area contributed by atoms with Crippen LogP contribution >= 0.6 is 11.8 Å². The van der Waals surface area contributed by atoms with Gasteiger partial charge in [0.15, 0.2) is 0 Å². The Bertz CT molecular complexity index is 342. The highest BCUT2D eigenvalue weighted by atomic mass is 32.2. The third kappa shape index (κ3) is 3.82. The van der Waals surface area contributed by atoms with Crippen LogP contribution in [0.2, 0.25) is 0 Å². The van der Waals surface area contributed by atoms with Crippen LogP contribution in [0.25, 0.3) is 0 Å². The number of carbonyl (C=O) groups excluding carboxylic acids is 1. The molecule has 0 saturated carbocycles. The zero-order valence-electron chi connectivity index (χ0n) is 9.52. The van der Waals surface area contributed by atoms with Crippen LogP contribution < -0.4 is 5.32 Å². The molecule has 0 radical (unpaired) electrons. The Balaban J connectivity index is 2.31. The number of nitrogens with one attached hydrogen (secondary N) is 1. The normalized spacial score (nSPS) is 12.4. The van der Waals surface area contributed by atoms with Gasteiger partial charge >= 0.3 is 5.97 Å². The molecule has 0 aliphatic heterocycles. The minimum Gasteiger partial charge on any atom is -0.468 e. The predicted octanol–water partition coefficient (Wildman–Crippen LogP) is 0.621. The maximum Gasteiger partial charge on any atom is 0.322 e. The fraction of sp³-hybridized carbons (Fsp3) is 0.667. The van der Waals surface area contributed by atoms with E-state index in [0.29, 0.717) is 23.3 Å². The van der Waals surface area contributed by atoms with E-state index < -0.39 is 0 Å². The van der Waals surface area contributed by atoms with Gasteiger partial charge in [-0.2, -0.15) is 0 Å². The number of ether oxygens (including phenoxy) is 1. The number of esters is 1. The Labute approximate surface area is 98.1 Å². The largest absolute Gasteiger partial charge is 0.468 e. The Hall–Kier alpha value is -1.08. The molecular formula is C9H15N3O3S. The van der Waals surface area contributed by atoms with Crippen LogP contribution in [0.4, 0.5) is 0 Å². The molecule has 16 heavy (non-hydrogen) atoms. The number of rotatable bonds is 6. The molecule has 1 unspecified atom stereocenters. The standard InChI is InChI=1S/C9H15N3O3S/c1-6-11-12-9(15-6)16-5-4-7(10-2)8(13)14-3/h7,10H,4-5H2,1-3H3. The van der Waals surface area contributed by atoms with E-state index in [0.717, 1.165) is 0 Å². The van der Waals surface area contributed by atoms with Gasteiger partial charge in [0, 0.05) is 12.7 Å². The summed E-state index contributed by atoms with van der Waals surface area (Å²) in [5, 5.41) is 11.0. The van der Waals surface area contributed by atoms with Crippen molar-refractivity contribution in [1.29, 1.82) is 0 Å². The number of aromatic nitrogens is 2. The average Bonchev–Trinajstić information content (AvgIpc) is 2.69. The minimum atomic E-state index is -0.290. The molecule has 1 N–H and O–H groups in total. The lowest BCUT2D eigenvalue weighted by atomic mass is 10.2. The lowest BCUT2D eigenvalue weighted by Crippen LogP contribution is -2.35. The van der Waals surface area contributed by atoms with Crippen molar-refractivity contribution in [3.8, 4) is 0 Å². The highest BCUT2D eigenvalue weighted by molar-refractivity contribution is 7.99. The molecule has 0 aromatic carbocycles. The average molecular weight is 245 g/mol. The molecule has 1 aromatic heterocycles. The minimum absolute atomic E-state index is 0.259. The third-order valence-corrected chi connectivity index (χ3v) is 2.83. The molecule has 1 heterocycles. The molecule has 1 atom stereocenters. The number of methoxy groups -OCH3 is 1. The highest BCUT2D eigenvalue weighted by Gasteiger charge is 2.16. The van der Waals surface area contributed by atoms with Crippen molar-refractivity contribution in [2.45, 2.75) is 24.6 Å². The summed E-state index contributed by atoms with van der Waals surface area (Å²) in [4.78, 5) is 11.2. The molecule has 90 valence electrons. The number of carbonyl (C=O) groups is 1. The highest BCUT2D eigenvalue weighted by Crippen LogP contribution is 2.17. The Morgan fingerprint density at radius 3 is 2.88 bits per heavy atom. The van der Waals surface area contributed by atoms with Crippen molar-refractivity contribution in [3.63, 3.8) is 0 Å². The van der Waals surface area contributed by atoms with Gasteiger partial charge in [-0.3, -0.25) is 4.79 Å². The number of hydrogen-bond donors (Lipinski definition) is 1. The number of thioether (sulfide) groups is 1. The van der Waals surface area contributed by atoms with Crippen molar-refractivity contribution in [1.82, 2.24) is 15.5 Å². The first-order valence-corrected chi connectivity index (χ1v) is 5.84. The summed E-state index contributed by atoms with van der Waals surface area (Å²) in [5.41, 5.74) is 0. The second-order valence-electron chi connectivity index (χ2n) is 3.09. The van der Waals surface area contributed by atoms with E-state index in [1.54, 1.807) is 14.0 Å². The smallest absolute Gasteiger partial charge is 0.322 e. The van der Waals surface area contributed by atoms with Crippen LogP contribution in [0, 0.1) is 6.92 Å². The van der Waals surface area contributed by atoms with Crippen LogP contribution in [0.15, 0.2) is 9.64 Å². The summed E-state index contributed by atoms with van der Waals surface area (Å²) >= 11 is 1.42. The van der Waals surface area contributed by atoms with Crippen molar-refractivity contribution in [3.05, 3.63) is 5.89 Å². The first-order valence-electron chi connectivity index (χ1n) is 4.85. The van der Waals surface area contributed by atoms with Crippen LogP contribution in [0.5, 0.6) is 0 Å². The van der Waals surface area contributed by atoms with Crippen molar-refractivity contribution >= 4 is 17.7 Å². The number of nitrogens with zero attached hydrogens (tertiary/aromatic N) is 2. The number of hydrogen-bond acceptors (Lipinski definition) is 7. The third-order valence-electron chi connectivity index (χ3n) is 1.97. The van der Waals surface area contributed by atoms with Gasteiger partial charge in [0.05, 0.1) is 7.11 Å². The van der Waals surface area contributed by atoms with Crippen LogP contribution in [-0.2, 0) is 9.53 Å². The fourth-order valence-corrected chi connectivity index (χ4v) is 1.93. The molecule has 0 saturated heterocycles. The zero-order valence-corrected chi connectivity index (χ0v) is 10.3. The first kappa shape index (κ1) is 13.0. The lowest BCUT2D eigenvalue weighted by molar-refractivity contribution is -0.143. The van der Waals surface area contributed by atoms with E-state index in [1.807, 2.05) is 0 Å². The van der Waals surface area contributed by atoms with Crippen molar-refractivity contribution < 1.29 is 13.9 Å². The van der Waals surface area contributed by atoms with Crippen LogP contribution in [-0.4, -0.2) is 42.1 Å². The fourth-order valence-electron chi connectivity index (χ4n) is 1.12. The quantitative estimate of drug-likeness (QED) is 0.581. The van der Waals surface area contributed by atoms with E-state index in [1.165, 1.54) is 18.9 Å². The topological polar surface area (TPSA) is 77.3 Å². The molecule has 0 spiro atoms. The molecule has 6 nitrogen and oxygen atoms in total. The van der Waals surface area contributed by atoms with Gasteiger partial charge in [0.1, 0.15) is 6.04 Å². The second-order valence-corrected chi connectivity index (χ2v) is 4.13. The van der Waals surface area contributed by atoms with E-state index >= 15 is 0 Å². The molecule has 0 amide bonds. The molecule has 7 heteroatoms. The Morgan fingerprint density at radius 2 is 2.38 bits per heavy atom. The summed E-state index contributed by atoms with van der Waals surface area (Å²) in [6, 6.07) is -0.290. The molecular weight excluding hydrogens is 230 g/mol. The van der Waals surface area contributed by atoms with Crippen molar-refractivity contribution in [2.75, 3.05) is 19.9 Å². The summed E-state index contributed by atoms with van der Waals surface area (Å²) in [6.07, 6.45) is 0.648. The van der Waals surface area contributed by atoms with Gasteiger partial charge in [-0.25, -0.2) is 0 Å². The Morgan fingerprint density at radius 1 is 1.62 bits per heavy atom. The second kappa shape index (κ2) is 6.49. The maximum absolute atomic E-state index is 11.2. The van der Waals surface area contributed by atoms with Gasteiger partial charge in [0.2, 0.25) is 5.89 Å². The lowest BCUT2D eigenvalue weighted by Gasteiger charge is -2.11. The Kier molecular flexibility index (Phi) is 5.27. The molecule has 0 bridgehead atoms. The van der Waals surface area contributed by atoms with Gasteiger partial charge in [-0.1, -0.05) is 11.8 Å². The summed E-state index contributed by atoms with van der Waals surface area (Å²) in [5.74, 6) is 0.993. The molecule has 1 aromatic rings. The zero-order chi connectivity index (χ0) is 12.0. The summed E-state index contributed by atoms with van der Waals surface area (Å²) < 4.78 is 9.84. The molecule has 0 aliphatic carbocycles. The first-order chi connectivity index (χ1) is 7.67. The van der Waals surface area contributed by atoms with E-state index in [9.17, 15) is 4.79 Å².